The van der Waals surface area contributed by atoms with Gasteiger partial charge in [-0.2, -0.15) is 0 Å². The van der Waals surface area contributed by atoms with E-state index < -0.39 is 0 Å². The monoisotopic (exact) mass is 365 g/mol. The second-order valence-electron chi connectivity index (χ2n) is 5.72. The molecule has 0 fully saturated rings. The minimum absolute atomic E-state index is 0.144. The Morgan fingerprint density at radius 1 is 1.07 bits per heavy atom. The molecule has 0 atom stereocenters. The molecule has 7 heteroatoms. The molecule has 27 heavy (non-hydrogen) atoms. The van der Waals surface area contributed by atoms with Gasteiger partial charge in [0.15, 0.2) is 0 Å². The number of nitrogens with zero attached hydrogens (tertiary/aromatic N) is 2. The van der Waals surface area contributed by atoms with E-state index in [9.17, 15) is 9.59 Å². The number of nitrogens with one attached hydrogen (secondary N) is 1. The molecule has 0 saturated heterocycles. The molecule has 0 saturated carbocycles. The van der Waals surface area contributed by atoms with Gasteiger partial charge in [-0.05, 0) is 24.3 Å². The van der Waals surface area contributed by atoms with Gasteiger partial charge in [0.1, 0.15) is 18.0 Å². The van der Waals surface area contributed by atoms with Crippen LogP contribution in [0.4, 0.5) is 5.69 Å². The number of anilines is 1. The number of hydrogen-bond acceptors (Lipinski definition) is 5. The van der Waals surface area contributed by atoms with E-state index in [-0.39, 0.29) is 18.0 Å². The third kappa shape index (κ3) is 4.33. The van der Waals surface area contributed by atoms with Crippen LogP contribution in [0.15, 0.2) is 65.7 Å². The van der Waals surface area contributed by atoms with Crippen molar-refractivity contribution in [2.75, 3.05) is 19.5 Å². The Balaban J connectivity index is 1.76. The van der Waals surface area contributed by atoms with Crippen molar-refractivity contribution >= 4 is 11.6 Å². The van der Waals surface area contributed by atoms with Crippen LogP contribution in [0.3, 0.4) is 0 Å². The van der Waals surface area contributed by atoms with Crippen molar-refractivity contribution < 1.29 is 14.3 Å². The van der Waals surface area contributed by atoms with E-state index in [2.05, 4.69) is 10.3 Å². The Kier molecular flexibility index (Phi) is 5.51. The van der Waals surface area contributed by atoms with Gasteiger partial charge in [0.2, 0.25) is 5.91 Å². The Morgan fingerprint density at radius 2 is 1.89 bits per heavy atom. The first-order valence-electron chi connectivity index (χ1n) is 8.24. The number of benzene rings is 2. The fourth-order valence-corrected chi connectivity index (χ4v) is 2.60. The Morgan fingerprint density at radius 3 is 2.63 bits per heavy atom. The van der Waals surface area contributed by atoms with Gasteiger partial charge in [-0.3, -0.25) is 14.2 Å². The Labute approximate surface area is 156 Å². The molecular weight excluding hydrogens is 346 g/mol. The molecule has 1 aromatic heterocycles. The molecule has 1 amide bonds. The second-order valence-corrected chi connectivity index (χ2v) is 5.72. The molecule has 0 aliphatic heterocycles. The van der Waals surface area contributed by atoms with Crippen molar-refractivity contribution in [2.45, 2.75) is 6.54 Å². The summed E-state index contributed by atoms with van der Waals surface area (Å²) in [5, 5.41) is 2.73. The van der Waals surface area contributed by atoms with E-state index in [1.165, 1.54) is 17.0 Å². The highest BCUT2D eigenvalue weighted by Gasteiger charge is 2.10. The van der Waals surface area contributed by atoms with E-state index in [0.717, 1.165) is 0 Å². The molecule has 0 spiro atoms. The maximum absolute atomic E-state index is 12.4. The zero-order valence-electron chi connectivity index (χ0n) is 15.0. The van der Waals surface area contributed by atoms with Crippen LogP contribution in [0.1, 0.15) is 0 Å². The summed E-state index contributed by atoms with van der Waals surface area (Å²) >= 11 is 0. The van der Waals surface area contributed by atoms with E-state index in [1.54, 1.807) is 44.6 Å². The number of carbonyl (C=O) groups is 1. The number of ether oxygens (including phenoxy) is 2. The zero-order chi connectivity index (χ0) is 19.2. The number of methoxy groups -OCH3 is 2. The average molecular weight is 365 g/mol. The van der Waals surface area contributed by atoms with Crippen LogP contribution >= 0.6 is 0 Å². The third-order valence-corrected chi connectivity index (χ3v) is 3.93. The largest absolute Gasteiger partial charge is 0.497 e. The number of hydrogen-bond donors (Lipinski definition) is 1. The lowest BCUT2D eigenvalue weighted by Crippen LogP contribution is -2.27. The van der Waals surface area contributed by atoms with Crippen LogP contribution in [-0.4, -0.2) is 29.7 Å². The minimum atomic E-state index is -0.336. The van der Waals surface area contributed by atoms with Crippen LogP contribution < -0.4 is 20.3 Å². The van der Waals surface area contributed by atoms with Crippen molar-refractivity contribution in [3.8, 4) is 22.8 Å². The summed E-state index contributed by atoms with van der Waals surface area (Å²) < 4.78 is 11.7. The zero-order valence-corrected chi connectivity index (χ0v) is 15.0. The van der Waals surface area contributed by atoms with Crippen molar-refractivity contribution in [3.63, 3.8) is 0 Å². The average Bonchev–Trinajstić information content (AvgIpc) is 2.69. The van der Waals surface area contributed by atoms with Gasteiger partial charge in [-0.15, -0.1) is 0 Å². The van der Waals surface area contributed by atoms with E-state index in [1.807, 2.05) is 18.2 Å². The van der Waals surface area contributed by atoms with Crippen LogP contribution in [0.5, 0.6) is 11.5 Å². The molecule has 7 nitrogen and oxygen atoms in total. The first-order chi connectivity index (χ1) is 13.1. The van der Waals surface area contributed by atoms with Crippen LogP contribution in [0, 0.1) is 0 Å². The maximum Gasteiger partial charge on any atom is 0.254 e. The Bertz CT molecular complexity index is 1010. The smallest absolute Gasteiger partial charge is 0.254 e. The van der Waals surface area contributed by atoms with Gasteiger partial charge in [-0.1, -0.05) is 18.2 Å². The summed E-state index contributed by atoms with van der Waals surface area (Å²) in [5.41, 5.74) is 1.46. The number of carbonyl (C=O) groups excluding carboxylic acids is 1. The molecule has 0 bridgehead atoms. The summed E-state index contributed by atoms with van der Waals surface area (Å²) in [5.74, 6) is 0.919. The molecule has 1 N–H and O–H groups in total. The highest BCUT2D eigenvalue weighted by Crippen LogP contribution is 2.26. The summed E-state index contributed by atoms with van der Waals surface area (Å²) in [7, 11) is 3.11. The molecule has 2 aromatic carbocycles. The molecule has 0 aliphatic carbocycles. The molecule has 3 aromatic rings. The maximum atomic E-state index is 12.4. The van der Waals surface area contributed by atoms with E-state index >= 15 is 0 Å². The van der Waals surface area contributed by atoms with Gasteiger partial charge < -0.3 is 14.8 Å². The summed E-state index contributed by atoms with van der Waals surface area (Å²) in [6.45, 7) is -0.144. The number of rotatable bonds is 6. The topological polar surface area (TPSA) is 82.4 Å². The van der Waals surface area contributed by atoms with Crippen molar-refractivity contribution in [2.24, 2.45) is 0 Å². The predicted molar refractivity (Wildman–Crippen MR) is 102 cm³/mol. The van der Waals surface area contributed by atoms with Crippen LogP contribution in [-0.2, 0) is 11.3 Å². The van der Waals surface area contributed by atoms with E-state index in [0.29, 0.717) is 28.4 Å². The minimum Gasteiger partial charge on any atom is -0.497 e. The normalized spacial score (nSPS) is 10.3. The van der Waals surface area contributed by atoms with Crippen LogP contribution in [0.2, 0.25) is 0 Å². The number of para-hydroxylation sites is 1. The van der Waals surface area contributed by atoms with Crippen molar-refractivity contribution in [3.05, 3.63) is 71.3 Å². The van der Waals surface area contributed by atoms with E-state index in [4.69, 9.17) is 9.47 Å². The third-order valence-electron chi connectivity index (χ3n) is 3.93. The summed E-state index contributed by atoms with van der Waals surface area (Å²) in [4.78, 5) is 28.9. The molecular formula is C20H19N3O4. The molecule has 138 valence electrons. The lowest BCUT2D eigenvalue weighted by Gasteiger charge is -2.10. The Hall–Kier alpha value is -3.61. The standard InChI is InChI=1S/C20H19N3O4/c1-26-15-7-5-6-14(10-15)22-19(24)12-23-13-21-17(11-20(23)25)16-8-3-4-9-18(16)27-2/h3-11,13H,12H2,1-2H3,(H,22,24). The molecule has 3 rings (SSSR count). The molecule has 0 aliphatic rings. The molecule has 1 heterocycles. The van der Waals surface area contributed by atoms with Gasteiger partial charge in [0.05, 0.1) is 26.2 Å². The van der Waals surface area contributed by atoms with Crippen molar-refractivity contribution in [1.82, 2.24) is 9.55 Å². The predicted octanol–water partition coefficient (Wildman–Crippen LogP) is 2.57. The summed E-state index contributed by atoms with van der Waals surface area (Å²) in [6, 6.07) is 15.7. The number of amides is 1. The molecule has 0 unspecified atom stereocenters. The lowest BCUT2D eigenvalue weighted by atomic mass is 10.1. The van der Waals surface area contributed by atoms with Gasteiger partial charge in [-0.25, -0.2) is 4.98 Å². The van der Waals surface area contributed by atoms with Crippen LogP contribution in [0.25, 0.3) is 11.3 Å². The quantitative estimate of drug-likeness (QED) is 0.726. The first-order valence-corrected chi connectivity index (χ1v) is 8.24. The fraction of sp³-hybridized carbons (Fsp3) is 0.150. The SMILES string of the molecule is COc1cccc(NC(=O)Cn2cnc(-c3ccccc3OC)cc2=O)c1. The molecule has 0 radical (unpaired) electrons. The highest BCUT2D eigenvalue weighted by atomic mass is 16.5. The fourth-order valence-electron chi connectivity index (χ4n) is 2.60. The first kappa shape index (κ1) is 18.2. The lowest BCUT2D eigenvalue weighted by molar-refractivity contribution is -0.116. The second kappa shape index (κ2) is 8.18. The number of aromatic nitrogens is 2. The summed E-state index contributed by atoms with van der Waals surface area (Å²) in [6.07, 6.45) is 1.36. The van der Waals surface area contributed by atoms with Gasteiger partial charge >= 0.3 is 0 Å². The van der Waals surface area contributed by atoms with Gasteiger partial charge in [0.25, 0.3) is 5.56 Å². The van der Waals surface area contributed by atoms with Gasteiger partial charge in [0, 0.05) is 23.4 Å². The highest BCUT2D eigenvalue weighted by molar-refractivity contribution is 5.90. The van der Waals surface area contributed by atoms with Crippen molar-refractivity contribution in [1.29, 1.82) is 0 Å².